The lowest BCUT2D eigenvalue weighted by Crippen LogP contribution is -2.18. The van der Waals surface area contributed by atoms with Gasteiger partial charge >= 0.3 is 0 Å². The maximum Gasteiger partial charge on any atom is 0.0540 e. The van der Waals surface area contributed by atoms with Gasteiger partial charge in [-0.2, -0.15) is 0 Å². The van der Waals surface area contributed by atoms with Crippen molar-refractivity contribution < 1.29 is 0 Å². The van der Waals surface area contributed by atoms with Crippen LogP contribution in [-0.4, -0.2) is 0 Å². The van der Waals surface area contributed by atoms with Crippen molar-refractivity contribution in [3.63, 3.8) is 0 Å². The van der Waals surface area contributed by atoms with Crippen molar-refractivity contribution in [3.05, 3.63) is 241 Å². The van der Waals surface area contributed by atoms with Crippen LogP contribution < -0.4 is 9.80 Å². The van der Waals surface area contributed by atoms with Crippen LogP contribution in [0.2, 0.25) is 0 Å². The number of benzene rings is 10. The van der Waals surface area contributed by atoms with E-state index < -0.39 is 0 Å². The molecular weight excluding hydrogens is 797 g/mol. The average Bonchev–Trinajstić information content (AvgIpc) is 3.73. The van der Waals surface area contributed by atoms with Crippen LogP contribution in [0.15, 0.2) is 218 Å². The molecule has 2 aliphatic carbocycles. The Balaban J connectivity index is 1.03. The highest BCUT2D eigenvalue weighted by Crippen LogP contribution is 2.56. The van der Waals surface area contributed by atoms with Crippen LogP contribution in [0.25, 0.3) is 66.4 Å². The molecule has 0 amide bonds. The third kappa shape index (κ3) is 5.55. The summed E-state index contributed by atoms with van der Waals surface area (Å²) in [5, 5.41) is 2.45. The molecule has 10 aromatic rings. The molecule has 0 spiro atoms. The Bertz CT molecular complexity index is 3540. The first-order valence-electron chi connectivity index (χ1n) is 23.3. The summed E-state index contributed by atoms with van der Waals surface area (Å²) in [7, 11) is 0. The van der Waals surface area contributed by atoms with E-state index in [9.17, 15) is 0 Å². The lowest BCUT2D eigenvalue weighted by atomic mass is 9.82. The number of hydrogen-bond acceptors (Lipinski definition) is 2. The van der Waals surface area contributed by atoms with Gasteiger partial charge in [0.15, 0.2) is 0 Å². The van der Waals surface area contributed by atoms with E-state index in [1.807, 2.05) is 0 Å². The summed E-state index contributed by atoms with van der Waals surface area (Å²) >= 11 is 0. The molecule has 314 valence electrons. The van der Waals surface area contributed by atoms with Gasteiger partial charge in [0.05, 0.1) is 17.1 Å². The lowest BCUT2D eigenvalue weighted by Gasteiger charge is -2.34. The Morgan fingerprint density at radius 2 is 0.803 bits per heavy atom. The Morgan fingerprint density at radius 3 is 1.45 bits per heavy atom. The highest BCUT2D eigenvalue weighted by Gasteiger charge is 2.38. The van der Waals surface area contributed by atoms with Gasteiger partial charge in [0.25, 0.3) is 0 Å². The van der Waals surface area contributed by atoms with E-state index in [-0.39, 0.29) is 10.8 Å². The van der Waals surface area contributed by atoms with Crippen molar-refractivity contribution in [1.29, 1.82) is 0 Å². The average molecular weight is 845 g/mol. The van der Waals surface area contributed by atoms with E-state index >= 15 is 0 Å². The lowest BCUT2D eigenvalue weighted by molar-refractivity contribution is 0.660. The number of hydrogen-bond donors (Lipinski definition) is 0. The molecule has 0 saturated heterocycles. The first-order valence-corrected chi connectivity index (χ1v) is 23.3. The van der Waals surface area contributed by atoms with Crippen molar-refractivity contribution in [2.24, 2.45) is 0 Å². The Kier molecular flexibility index (Phi) is 8.33. The minimum atomic E-state index is -0.140. The molecule has 0 fully saturated rings. The SMILES string of the molecule is CC1(C)c2ccccc2-c2ccc(N3c4ccccc4-c4cccc5c(N(c6ccc(-c7ccccc7)cc6)c6ccc7c(c6)C(C)(C)c6ccccc6-7)ccc(c45)-c4ccccc43)cc21. The molecule has 0 bridgehead atoms. The zero-order chi connectivity index (χ0) is 44.3. The van der Waals surface area contributed by atoms with Gasteiger partial charge in [-0.1, -0.05) is 191 Å². The summed E-state index contributed by atoms with van der Waals surface area (Å²) in [4.78, 5) is 4.99. The molecular formula is C64H48N2. The third-order valence-electron chi connectivity index (χ3n) is 15.0. The van der Waals surface area contributed by atoms with Crippen LogP contribution in [0.4, 0.5) is 34.1 Å². The van der Waals surface area contributed by atoms with Crippen LogP contribution in [0, 0.1) is 0 Å². The predicted octanol–water partition coefficient (Wildman–Crippen LogP) is 17.7. The largest absolute Gasteiger partial charge is 0.310 e. The van der Waals surface area contributed by atoms with E-state index in [1.54, 1.807) is 0 Å². The summed E-state index contributed by atoms with van der Waals surface area (Å²) in [5.74, 6) is 0. The fraction of sp³-hybridized carbons (Fsp3) is 0.0938. The van der Waals surface area contributed by atoms with Crippen molar-refractivity contribution in [1.82, 2.24) is 0 Å². The molecule has 1 aliphatic heterocycles. The zero-order valence-electron chi connectivity index (χ0n) is 37.7. The monoisotopic (exact) mass is 844 g/mol. The molecule has 0 atom stereocenters. The first-order chi connectivity index (χ1) is 32.3. The minimum Gasteiger partial charge on any atom is -0.310 e. The van der Waals surface area contributed by atoms with Gasteiger partial charge in [-0.3, -0.25) is 0 Å². The first kappa shape index (κ1) is 38.5. The molecule has 1 heterocycles. The van der Waals surface area contributed by atoms with Crippen molar-refractivity contribution in [3.8, 4) is 55.6 Å². The summed E-state index contributed by atoms with van der Waals surface area (Å²) in [6, 6.07) is 81.6. The molecule has 0 aromatic heterocycles. The third-order valence-corrected chi connectivity index (χ3v) is 15.0. The van der Waals surface area contributed by atoms with Crippen molar-refractivity contribution >= 4 is 44.9 Å². The number of anilines is 6. The number of para-hydroxylation sites is 2. The van der Waals surface area contributed by atoms with Crippen LogP contribution in [-0.2, 0) is 10.8 Å². The Labute approximate surface area is 387 Å². The molecule has 0 N–H and O–H groups in total. The molecule has 2 nitrogen and oxygen atoms in total. The standard InChI is InChI=1S/C64H48N2/c1-63(2)55-25-12-8-19-46(55)48-35-33-44(39-57(48)63)65(43-31-29-42(30-32-43)41-17-6-5-7-18-41)61-38-37-53-51-22-11-15-28-60(51)66(59-27-14-10-21-50(59)52-23-16-24-54(61)62(52)53)45-34-36-49-47-20-9-13-26-56(47)64(3,4)58(49)40-45/h5-40H,1-4H3. The maximum atomic E-state index is 2.50. The zero-order valence-corrected chi connectivity index (χ0v) is 37.7. The second-order valence-electron chi connectivity index (χ2n) is 19.3. The van der Waals surface area contributed by atoms with Gasteiger partial charge in [-0.05, 0) is 127 Å². The fourth-order valence-electron chi connectivity index (χ4n) is 11.8. The van der Waals surface area contributed by atoms with E-state index in [0.717, 1.165) is 34.1 Å². The summed E-state index contributed by atoms with van der Waals surface area (Å²) < 4.78 is 0. The topological polar surface area (TPSA) is 6.48 Å². The smallest absolute Gasteiger partial charge is 0.0540 e. The highest BCUT2D eigenvalue weighted by atomic mass is 15.2. The second kappa shape index (κ2) is 14.3. The van der Waals surface area contributed by atoms with E-state index in [0.29, 0.717) is 0 Å². The molecule has 13 rings (SSSR count). The number of nitrogens with zero attached hydrogens (tertiary/aromatic N) is 2. The van der Waals surface area contributed by atoms with Crippen LogP contribution >= 0.6 is 0 Å². The quantitative estimate of drug-likeness (QED) is 0.170. The molecule has 66 heavy (non-hydrogen) atoms. The van der Waals surface area contributed by atoms with E-state index in [2.05, 4.69) is 256 Å². The maximum absolute atomic E-state index is 2.50. The molecule has 0 unspecified atom stereocenters. The molecule has 2 heteroatoms. The molecule has 0 saturated carbocycles. The predicted molar refractivity (Wildman–Crippen MR) is 278 cm³/mol. The number of fused-ring (bicyclic) bond motifs is 10. The molecule has 3 aliphatic rings. The summed E-state index contributed by atoms with van der Waals surface area (Å²) in [5.41, 5.74) is 24.7. The minimum absolute atomic E-state index is 0.120. The van der Waals surface area contributed by atoms with E-state index in [4.69, 9.17) is 0 Å². The van der Waals surface area contributed by atoms with Crippen molar-refractivity contribution in [2.75, 3.05) is 9.80 Å². The summed E-state index contributed by atoms with van der Waals surface area (Å²) in [6.45, 7) is 9.48. The fourth-order valence-corrected chi connectivity index (χ4v) is 11.8. The molecule has 10 aromatic carbocycles. The normalized spacial score (nSPS) is 14.3. The summed E-state index contributed by atoms with van der Waals surface area (Å²) in [6.07, 6.45) is 0. The Hall–Kier alpha value is -7.94. The number of rotatable bonds is 5. The second-order valence-corrected chi connectivity index (χ2v) is 19.3. The van der Waals surface area contributed by atoms with Gasteiger partial charge in [-0.15, -0.1) is 0 Å². The van der Waals surface area contributed by atoms with Crippen LogP contribution in [0.3, 0.4) is 0 Å². The van der Waals surface area contributed by atoms with E-state index in [1.165, 1.54) is 88.7 Å². The highest BCUT2D eigenvalue weighted by molar-refractivity contribution is 6.17. The van der Waals surface area contributed by atoms with Gasteiger partial charge in [-0.25, -0.2) is 0 Å². The van der Waals surface area contributed by atoms with Crippen LogP contribution in [0.5, 0.6) is 0 Å². The van der Waals surface area contributed by atoms with Gasteiger partial charge in [0.1, 0.15) is 0 Å². The Morgan fingerprint density at radius 1 is 0.333 bits per heavy atom. The molecule has 0 radical (unpaired) electrons. The van der Waals surface area contributed by atoms with Crippen molar-refractivity contribution in [2.45, 2.75) is 38.5 Å². The van der Waals surface area contributed by atoms with Gasteiger partial charge in [0.2, 0.25) is 0 Å². The van der Waals surface area contributed by atoms with Gasteiger partial charge < -0.3 is 9.80 Å². The van der Waals surface area contributed by atoms with Crippen LogP contribution in [0.1, 0.15) is 49.9 Å². The van der Waals surface area contributed by atoms with Gasteiger partial charge in [0, 0.05) is 44.4 Å².